The molecule has 0 bridgehead atoms. The summed E-state index contributed by atoms with van der Waals surface area (Å²) in [5.41, 5.74) is 3.06. The lowest BCUT2D eigenvalue weighted by Gasteiger charge is -2.26. The van der Waals surface area contributed by atoms with Crippen molar-refractivity contribution in [2.45, 2.75) is 59.3 Å². The third kappa shape index (κ3) is 4.52. The predicted octanol–water partition coefficient (Wildman–Crippen LogP) is 4.23. The quantitative estimate of drug-likeness (QED) is 0.658. The molecule has 0 saturated carbocycles. The Balaban J connectivity index is 2.71. The number of aliphatic hydroxyl groups is 1. The molecule has 16 heavy (non-hydrogen) atoms. The van der Waals surface area contributed by atoms with Crippen LogP contribution in [-0.2, 0) is 0 Å². The molecule has 0 aliphatic heterocycles. The van der Waals surface area contributed by atoms with Crippen LogP contribution in [0.25, 0.3) is 0 Å². The van der Waals surface area contributed by atoms with Gasteiger partial charge in [-0.1, -0.05) is 30.2 Å². The Morgan fingerprint density at radius 3 is 2.56 bits per heavy atom. The maximum absolute atomic E-state index is 9.51. The largest absolute Gasteiger partial charge is 0.396 e. The third-order valence-electron chi connectivity index (χ3n) is 3.71. The predicted molar refractivity (Wildman–Crippen MR) is 70.4 cm³/mol. The first-order chi connectivity index (χ1) is 7.56. The van der Waals surface area contributed by atoms with Crippen LogP contribution >= 0.6 is 0 Å². The number of allylic oxidation sites excluding steroid dienone is 4. The number of aliphatic hydroxyl groups excluding tert-OH is 1. The Morgan fingerprint density at radius 2 is 1.88 bits per heavy atom. The van der Waals surface area contributed by atoms with Gasteiger partial charge in [-0.2, -0.15) is 0 Å². The van der Waals surface area contributed by atoms with Crippen molar-refractivity contribution in [3.63, 3.8) is 0 Å². The Labute approximate surface area is 100 Å². The van der Waals surface area contributed by atoms with Gasteiger partial charge in [-0.3, -0.25) is 0 Å². The van der Waals surface area contributed by atoms with Crippen molar-refractivity contribution < 1.29 is 5.11 Å². The molecule has 1 heteroatoms. The zero-order valence-electron chi connectivity index (χ0n) is 11.1. The van der Waals surface area contributed by atoms with E-state index in [4.69, 9.17) is 0 Å². The van der Waals surface area contributed by atoms with Crippen molar-refractivity contribution in [3.8, 4) is 0 Å². The second-order valence-electron chi connectivity index (χ2n) is 5.67. The van der Waals surface area contributed by atoms with Crippen molar-refractivity contribution >= 4 is 0 Å². The molecule has 1 atom stereocenters. The van der Waals surface area contributed by atoms with Gasteiger partial charge in [0, 0.05) is 6.61 Å². The van der Waals surface area contributed by atoms with Crippen LogP contribution in [-0.4, -0.2) is 11.7 Å². The van der Waals surface area contributed by atoms with Gasteiger partial charge in [0.2, 0.25) is 0 Å². The number of hydrogen-bond donors (Lipinski definition) is 1. The molecule has 0 aromatic heterocycles. The highest BCUT2D eigenvalue weighted by molar-refractivity contribution is 5.06. The maximum atomic E-state index is 9.51. The van der Waals surface area contributed by atoms with Crippen LogP contribution in [0.2, 0.25) is 0 Å². The molecule has 1 nitrogen and oxygen atoms in total. The van der Waals surface area contributed by atoms with E-state index < -0.39 is 0 Å². The van der Waals surface area contributed by atoms with Crippen molar-refractivity contribution in [2.24, 2.45) is 5.41 Å². The summed E-state index contributed by atoms with van der Waals surface area (Å²) < 4.78 is 0. The molecule has 0 spiro atoms. The molecular weight excluding hydrogens is 196 g/mol. The van der Waals surface area contributed by atoms with Gasteiger partial charge in [0.15, 0.2) is 0 Å². The van der Waals surface area contributed by atoms with E-state index >= 15 is 0 Å². The smallest absolute Gasteiger partial charge is 0.0487 e. The lowest BCUT2D eigenvalue weighted by Crippen LogP contribution is -2.20. The Bertz CT molecular complexity index is 275. The number of rotatable bonds is 1. The van der Waals surface area contributed by atoms with Crippen molar-refractivity contribution in [3.05, 3.63) is 23.3 Å². The standard InChI is InChI=1S/C15H26O/c1-13-6-4-7-14(2)9-11-15(3,12-16)10-5-8-13/h6,9,16H,4-5,7-8,10-12H2,1-3H3/b13-6-,14-9-. The van der Waals surface area contributed by atoms with E-state index in [0.29, 0.717) is 6.61 Å². The minimum atomic E-state index is 0.0892. The highest BCUT2D eigenvalue weighted by atomic mass is 16.3. The Kier molecular flexibility index (Phi) is 5.27. The van der Waals surface area contributed by atoms with E-state index in [2.05, 4.69) is 32.9 Å². The highest BCUT2D eigenvalue weighted by Crippen LogP contribution is 2.30. The van der Waals surface area contributed by atoms with E-state index in [1.807, 2.05) is 0 Å². The number of hydrogen-bond acceptors (Lipinski definition) is 1. The average Bonchev–Trinajstić information content (AvgIpc) is 2.28. The summed E-state index contributed by atoms with van der Waals surface area (Å²) in [4.78, 5) is 0. The van der Waals surface area contributed by atoms with Gasteiger partial charge in [-0.25, -0.2) is 0 Å². The molecule has 0 radical (unpaired) electrons. The summed E-state index contributed by atoms with van der Waals surface area (Å²) in [6.07, 6.45) is 11.6. The minimum absolute atomic E-state index is 0.0892. The lowest BCUT2D eigenvalue weighted by atomic mass is 9.81. The molecule has 1 aliphatic carbocycles. The van der Waals surface area contributed by atoms with Crippen LogP contribution in [0.1, 0.15) is 59.3 Å². The molecule has 1 unspecified atom stereocenters. The molecule has 0 amide bonds. The van der Waals surface area contributed by atoms with Crippen LogP contribution < -0.4 is 0 Å². The van der Waals surface area contributed by atoms with Gasteiger partial charge < -0.3 is 5.11 Å². The Morgan fingerprint density at radius 1 is 1.19 bits per heavy atom. The van der Waals surface area contributed by atoms with E-state index in [1.165, 1.54) is 36.8 Å². The van der Waals surface area contributed by atoms with Gasteiger partial charge >= 0.3 is 0 Å². The van der Waals surface area contributed by atoms with Crippen molar-refractivity contribution in [2.75, 3.05) is 6.61 Å². The van der Waals surface area contributed by atoms with Crippen LogP contribution in [0.15, 0.2) is 23.3 Å². The van der Waals surface area contributed by atoms with Gasteiger partial charge in [-0.15, -0.1) is 0 Å². The fourth-order valence-electron chi connectivity index (χ4n) is 2.21. The van der Waals surface area contributed by atoms with Crippen LogP contribution in [0.4, 0.5) is 0 Å². The Hall–Kier alpha value is -0.560. The van der Waals surface area contributed by atoms with E-state index in [1.54, 1.807) is 0 Å². The summed E-state index contributed by atoms with van der Waals surface area (Å²) >= 11 is 0. The van der Waals surface area contributed by atoms with Crippen molar-refractivity contribution in [1.29, 1.82) is 0 Å². The van der Waals surface area contributed by atoms with Crippen LogP contribution in [0.5, 0.6) is 0 Å². The summed E-state index contributed by atoms with van der Waals surface area (Å²) in [6, 6.07) is 0. The monoisotopic (exact) mass is 222 g/mol. The molecule has 0 saturated heterocycles. The zero-order valence-corrected chi connectivity index (χ0v) is 11.1. The first kappa shape index (κ1) is 13.5. The van der Waals surface area contributed by atoms with Crippen molar-refractivity contribution in [1.82, 2.24) is 0 Å². The topological polar surface area (TPSA) is 20.2 Å². The fourth-order valence-corrected chi connectivity index (χ4v) is 2.21. The third-order valence-corrected chi connectivity index (χ3v) is 3.71. The molecule has 1 N–H and O–H groups in total. The van der Waals surface area contributed by atoms with Gasteiger partial charge in [0.25, 0.3) is 0 Å². The normalized spacial score (nSPS) is 35.5. The molecule has 1 aliphatic rings. The maximum Gasteiger partial charge on any atom is 0.0487 e. The second-order valence-corrected chi connectivity index (χ2v) is 5.67. The van der Waals surface area contributed by atoms with E-state index in [-0.39, 0.29) is 5.41 Å². The molecule has 0 heterocycles. The fraction of sp³-hybridized carbons (Fsp3) is 0.733. The highest BCUT2D eigenvalue weighted by Gasteiger charge is 2.21. The van der Waals surface area contributed by atoms with E-state index in [9.17, 15) is 5.11 Å². The molecule has 92 valence electrons. The molecule has 0 aromatic carbocycles. The molecule has 0 aromatic rings. The first-order valence-corrected chi connectivity index (χ1v) is 6.48. The lowest BCUT2D eigenvalue weighted by molar-refractivity contribution is 0.132. The van der Waals surface area contributed by atoms with E-state index in [0.717, 1.165) is 12.8 Å². The minimum Gasteiger partial charge on any atom is -0.396 e. The molecule has 0 fully saturated rings. The molecule has 1 rings (SSSR count). The summed E-state index contributed by atoms with van der Waals surface area (Å²) in [5.74, 6) is 0. The SMILES string of the molecule is C/C1=C/CC(C)(CO)CCC/C(C)=C\CC1. The van der Waals surface area contributed by atoms with Gasteiger partial charge in [0.05, 0.1) is 0 Å². The summed E-state index contributed by atoms with van der Waals surface area (Å²) in [7, 11) is 0. The van der Waals surface area contributed by atoms with Gasteiger partial charge in [0.1, 0.15) is 0 Å². The second kappa shape index (κ2) is 6.24. The van der Waals surface area contributed by atoms with Gasteiger partial charge in [-0.05, 0) is 57.8 Å². The summed E-state index contributed by atoms with van der Waals surface area (Å²) in [6.45, 7) is 6.94. The van der Waals surface area contributed by atoms with Crippen LogP contribution in [0.3, 0.4) is 0 Å². The average molecular weight is 222 g/mol. The summed E-state index contributed by atoms with van der Waals surface area (Å²) in [5, 5.41) is 9.51. The first-order valence-electron chi connectivity index (χ1n) is 6.48. The van der Waals surface area contributed by atoms with Crippen LogP contribution in [0, 0.1) is 5.41 Å². The zero-order chi connectivity index (χ0) is 12.0. The molecular formula is C15H26O.